The zero-order valence-electron chi connectivity index (χ0n) is 12.8. The molecule has 1 saturated carbocycles. The van der Waals surface area contributed by atoms with Gasteiger partial charge in [-0.3, -0.25) is 4.79 Å². The standard InChI is InChI=1S/C15H28N2O3/c1-10-13(16)5-4-12(15(10,2)3)14(19)17-6-7-20-11(8-17)9-18/h10-13,18H,4-9,16H2,1-3H3. The van der Waals surface area contributed by atoms with Crippen molar-refractivity contribution in [2.75, 3.05) is 26.3 Å². The average Bonchev–Trinajstić information content (AvgIpc) is 2.44. The highest BCUT2D eigenvalue weighted by Gasteiger charge is 2.46. The molecule has 0 aromatic rings. The molecule has 5 heteroatoms. The molecule has 1 saturated heterocycles. The minimum absolute atomic E-state index is 0.0229. The fourth-order valence-corrected chi connectivity index (χ4v) is 3.54. The maximum atomic E-state index is 12.8. The molecule has 2 aliphatic rings. The van der Waals surface area contributed by atoms with Crippen molar-refractivity contribution < 1.29 is 14.6 Å². The van der Waals surface area contributed by atoms with Gasteiger partial charge in [-0.05, 0) is 24.2 Å². The molecule has 4 unspecified atom stereocenters. The topological polar surface area (TPSA) is 75.8 Å². The number of nitrogens with two attached hydrogens (primary N) is 1. The summed E-state index contributed by atoms with van der Waals surface area (Å²) in [6.07, 6.45) is 1.53. The van der Waals surface area contributed by atoms with Gasteiger partial charge in [-0.2, -0.15) is 0 Å². The van der Waals surface area contributed by atoms with Crippen LogP contribution in [-0.4, -0.2) is 54.4 Å². The molecule has 2 fully saturated rings. The van der Waals surface area contributed by atoms with Crippen LogP contribution in [0.4, 0.5) is 0 Å². The molecule has 0 radical (unpaired) electrons. The lowest BCUT2D eigenvalue weighted by Crippen LogP contribution is -2.55. The number of carbonyl (C=O) groups is 1. The Labute approximate surface area is 121 Å². The van der Waals surface area contributed by atoms with Gasteiger partial charge in [-0.1, -0.05) is 20.8 Å². The quantitative estimate of drug-likeness (QED) is 0.779. The van der Waals surface area contributed by atoms with E-state index in [1.807, 2.05) is 4.90 Å². The number of rotatable bonds is 2. The van der Waals surface area contributed by atoms with Crippen LogP contribution in [0.2, 0.25) is 0 Å². The summed E-state index contributed by atoms with van der Waals surface area (Å²) >= 11 is 0. The van der Waals surface area contributed by atoms with E-state index in [-0.39, 0.29) is 36.0 Å². The zero-order chi connectivity index (χ0) is 14.9. The molecule has 1 heterocycles. The third kappa shape index (κ3) is 2.85. The van der Waals surface area contributed by atoms with Gasteiger partial charge in [0.25, 0.3) is 0 Å². The number of hydrogen-bond acceptors (Lipinski definition) is 4. The number of aliphatic hydroxyl groups excluding tert-OH is 1. The van der Waals surface area contributed by atoms with Gasteiger partial charge in [0.1, 0.15) is 0 Å². The SMILES string of the molecule is CC1C(N)CCC(C(=O)N2CCOC(CO)C2)C1(C)C. The van der Waals surface area contributed by atoms with Crippen molar-refractivity contribution in [3.63, 3.8) is 0 Å². The fraction of sp³-hybridized carbons (Fsp3) is 0.933. The van der Waals surface area contributed by atoms with Gasteiger partial charge < -0.3 is 20.5 Å². The summed E-state index contributed by atoms with van der Waals surface area (Å²) in [5, 5.41) is 9.20. The molecule has 1 aliphatic carbocycles. The van der Waals surface area contributed by atoms with Crippen LogP contribution in [0.15, 0.2) is 0 Å². The second kappa shape index (κ2) is 6.00. The summed E-state index contributed by atoms with van der Waals surface area (Å²) in [6.45, 7) is 8.08. The monoisotopic (exact) mass is 284 g/mol. The molecular formula is C15H28N2O3. The summed E-state index contributed by atoms with van der Waals surface area (Å²) in [6, 6.07) is 0.184. The first kappa shape index (κ1) is 15.7. The second-order valence-corrected chi connectivity index (χ2v) is 6.86. The number of amides is 1. The maximum Gasteiger partial charge on any atom is 0.226 e. The third-order valence-electron chi connectivity index (χ3n) is 5.45. The van der Waals surface area contributed by atoms with E-state index in [1.54, 1.807) is 0 Å². The molecule has 2 rings (SSSR count). The van der Waals surface area contributed by atoms with E-state index in [1.165, 1.54) is 0 Å². The molecule has 5 nitrogen and oxygen atoms in total. The van der Waals surface area contributed by atoms with Crippen molar-refractivity contribution in [2.45, 2.75) is 45.8 Å². The van der Waals surface area contributed by atoms with Crippen molar-refractivity contribution in [2.24, 2.45) is 23.0 Å². The molecule has 116 valence electrons. The highest BCUT2D eigenvalue weighted by atomic mass is 16.5. The number of nitrogens with zero attached hydrogens (tertiary/aromatic N) is 1. The number of carbonyl (C=O) groups excluding carboxylic acids is 1. The molecule has 0 spiro atoms. The van der Waals surface area contributed by atoms with Crippen LogP contribution < -0.4 is 5.73 Å². The zero-order valence-corrected chi connectivity index (χ0v) is 12.8. The molecule has 3 N–H and O–H groups in total. The second-order valence-electron chi connectivity index (χ2n) is 6.86. The largest absolute Gasteiger partial charge is 0.394 e. The van der Waals surface area contributed by atoms with Crippen LogP contribution in [0.3, 0.4) is 0 Å². The smallest absolute Gasteiger partial charge is 0.226 e. The van der Waals surface area contributed by atoms with E-state index >= 15 is 0 Å². The molecule has 1 aliphatic heterocycles. The fourth-order valence-electron chi connectivity index (χ4n) is 3.54. The molecule has 1 amide bonds. The normalized spacial score (nSPS) is 37.8. The number of hydrogen-bond donors (Lipinski definition) is 2. The van der Waals surface area contributed by atoms with Crippen molar-refractivity contribution in [3.05, 3.63) is 0 Å². The average molecular weight is 284 g/mol. The minimum atomic E-state index is -0.237. The first-order chi connectivity index (χ1) is 9.37. The van der Waals surface area contributed by atoms with Crippen LogP contribution in [0.5, 0.6) is 0 Å². The molecule has 0 bridgehead atoms. The van der Waals surface area contributed by atoms with Crippen molar-refractivity contribution in [1.82, 2.24) is 4.90 Å². The third-order valence-corrected chi connectivity index (χ3v) is 5.45. The number of morpholine rings is 1. The van der Waals surface area contributed by atoms with E-state index in [0.717, 1.165) is 12.8 Å². The van der Waals surface area contributed by atoms with Crippen LogP contribution >= 0.6 is 0 Å². The predicted molar refractivity (Wildman–Crippen MR) is 77.1 cm³/mol. The lowest BCUT2D eigenvalue weighted by molar-refractivity contribution is -0.152. The van der Waals surface area contributed by atoms with E-state index in [4.69, 9.17) is 10.5 Å². The number of ether oxygens (including phenoxy) is 1. The summed E-state index contributed by atoms with van der Waals surface area (Å²) < 4.78 is 5.42. The van der Waals surface area contributed by atoms with Gasteiger partial charge in [0.05, 0.1) is 19.3 Å². The predicted octanol–water partition coefficient (Wildman–Crippen LogP) is 0.606. The Kier molecular flexibility index (Phi) is 4.72. The van der Waals surface area contributed by atoms with Gasteiger partial charge in [0.2, 0.25) is 5.91 Å². The van der Waals surface area contributed by atoms with Crippen LogP contribution in [0.25, 0.3) is 0 Å². The minimum Gasteiger partial charge on any atom is -0.394 e. The lowest BCUT2D eigenvalue weighted by Gasteiger charge is -2.48. The Hall–Kier alpha value is -0.650. The Bertz CT molecular complexity index is 359. The van der Waals surface area contributed by atoms with Gasteiger partial charge >= 0.3 is 0 Å². The Morgan fingerprint density at radius 3 is 2.80 bits per heavy atom. The summed E-state index contributed by atoms with van der Waals surface area (Å²) in [7, 11) is 0. The van der Waals surface area contributed by atoms with E-state index in [0.29, 0.717) is 25.6 Å². The molecule has 0 aromatic heterocycles. The van der Waals surface area contributed by atoms with Gasteiger partial charge in [0, 0.05) is 25.0 Å². The summed E-state index contributed by atoms with van der Waals surface area (Å²) in [5.41, 5.74) is 6.08. The van der Waals surface area contributed by atoms with Crippen molar-refractivity contribution in [3.8, 4) is 0 Å². The molecule has 20 heavy (non-hydrogen) atoms. The van der Waals surface area contributed by atoms with Crippen LogP contribution in [-0.2, 0) is 9.53 Å². The maximum absolute atomic E-state index is 12.8. The van der Waals surface area contributed by atoms with Crippen LogP contribution in [0, 0.1) is 17.3 Å². The Morgan fingerprint density at radius 2 is 2.15 bits per heavy atom. The highest BCUT2D eigenvalue weighted by molar-refractivity contribution is 5.80. The van der Waals surface area contributed by atoms with Crippen LogP contribution in [0.1, 0.15) is 33.6 Å². The Morgan fingerprint density at radius 1 is 1.45 bits per heavy atom. The van der Waals surface area contributed by atoms with Gasteiger partial charge in [-0.15, -0.1) is 0 Å². The molecular weight excluding hydrogens is 256 g/mol. The molecule has 4 atom stereocenters. The van der Waals surface area contributed by atoms with E-state index < -0.39 is 0 Å². The number of aliphatic hydroxyl groups is 1. The van der Waals surface area contributed by atoms with Gasteiger partial charge in [0.15, 0.2) is 0 Å². The van der Waals surface area contributed by atoms with E-state index in [9.17, 15) is 9.90 Å². The first-order valence-electron chi connectivity index (χ1n) is 7.64. The van der Waals surface area contributed by atoms with Gasteiger partial charge in [-0.25, -0.2) is 0 Å². The first-order valence-corrected chi connectivity index (χ1v) is 7.64. The Balaban J connectivity index is 2.08. The molecule has 0 aromatic carbocycles. The van der Waals surface area contributed by atoms with Crippen molar-refractivity contribution in [1.29, 1.82) is 0 Å². The highest BCUT2D eigenvalue weighted by Crippen LogP contribution is 2.45. The lowest BCUT2D eigenvalue weighted by atomic mass is 9.60. The summed E-state index contributed by atoms with van der Waals surface area (Å²) in [4.78, 5) is 14.7. The summed E-state index contributed by atoms with van der Waals surface area (Å²) in [5.74, 6) is 0.560. The van der Waals surface area contributed by atoms with Crippen molar-refractivity contribution >= 4 is 5.91 Å². The van der Waals surface area contributed by atoms with E-state index in [2.05, 4.69) is 20.8 Å².